The molecule has 0 unspecified atom stereocenters. The summed E-state index contributed by atoms with van der Waals surface area (Å²) in [6, 6.07) is 14.5. The van der Waals surface area contributed by atoms with Gasteiger partial charge in [-0.3, -0.25) is 10.4 Å². The summed E-state index contributed by atoms with van der Waals surface area (Å²) in [6.07, 6.45) is 2.50. The molecule has 3 nitrogen and oxygen atoms in total. The second-order valence-electron chi connectivity index (χ2n) is 6.03. The van der Waals surface area contributed by atoms with E-state index in [-0.39, 0.29) is 23.8 Å². The first-order valence-electron chi connectivity index (χ1n) is 7.26. The van der Waals surface area contributed by atoms with Crippen LogP contribution in [0, 0.1) is 5.82 Å². The van der Waals surface area contributed by atoms with Gasteiger partial charge in [0, 0.05) is 5.56 Å². The number of hydrogen-bond acceptors (Lipinski definition) is 3. The Morgan fingerprint density at radius 2 is 1.96 bits per heavy atom. The summed E-state index contributed by atoms with van der Waals surface area (Å²) in [5.41, 5.74) is 5.87. The number of hydrazone groups is 1. The molecule has 2 aromatic rings. The molecule has 0 bridgehead atoms. The Bertz CT molecular complexity index is 753. The maximum absolute atomic E-state index is 13.1. The molecule has 0 radical (unpaired) electrons. The molecule has 1 N–H and O–H groups in total. The van der Waals surface area contributed by atoms with Gasteiger partial charge in [0.15, 0.2) is 0 Å². The first kappa shape index (κ1) is 17.2. The minimum atomic E-state index is -0.273. The number of nitrogens with zero attached hydrogens (tertiary/aromatic N) is 2. The molecule has 120 valence electrons. The molecule has 0 aliphatic carbocycles. The number of aliphatic imine (C=N–C) groups is 1. The second-order valence-corrected chi connectivity index (χ2v) is 6.03. The van der Waals surface area contributed by atoms with Gasteiger partial charge in [-0.15, -0.1) is 0 Å². The number of rotatable bonds is 2. The molecular formula is C18H18ClFN3-. The van der Waals surface area contributed by atoms with Crippen LogP contribution >= 0.6 is 0 Å². The highest BCUT2D eigenvalue weighted by Gasteiger charge is 2.26. The van der Waals surface area contributed by atoms with Crippen molar-refractivity contribution < 1.29 is 16.8 Å². The lowest BCUT2D eigenvalue weighted by Crippen LogP contribution is -3.00. The van der Waals surface area contributed by atoms with E-state index < -0.39 is 0 Å². The number of fused-ring (bicyclic) bond motifs is 1. The Kier molecular flexibility index (Phi) is 5.16. The van der Waals surface area contributed by atoms with E-state index in [0.717, 1.165) is 17.8 Å². The molecule has 0 aromatic heterocycles. The molecule has 2 aromatic carbocycles. The van der Waals surface area contributed by atoms with Crippen LogP contribution in [0.2, 0.25) is 0 Å². The van der Waals surface area contributed by atoms with E-state index in [9.17, 15) is 4.39 Å². The second kappa shape index (κ2) is 6.92. The maximum Gasteiger partial charge on any atom is 0.149 e. The Morgan fingerprint density at radius 3 is 2.74 bits per heavy atom. The van der Waals surface area contributed by atoms with Crippen molar-refractivity contribution in [2.75, 3.05) is 0 Å². The van der Waals surface area contributed by atoms with E-state index in [0.29, 0.717) is 5.56 Å². The van der Waals surface area contributed by atoms with Gasteiger partial charge in [-0.2, -0.15) is 5.10 Å². The number of nitrogens with one attached hydrogen (secondary N) is 1. The minimum Gasteiger partial charge on any atom is -1.00 e. The van der Waals surface area contributed by atoms with Crippen LogP contribution < -0.4 is 17.8 Å². The van der Waals surface area contributed by atoms with Gasteiger partial charge in [-0.1, -0.05) is 36.4 Å². The van der Waals surface area contributed by atoms with Crippen LogP contribution in [0.1, 0.15) is 30.5 Å². The third-order valence-corrected chi connectivity index (χ3v) is 3.54. The summed E-state index contributed by atoms with van der Waals surface area (Å²) in [6.45, 7) is 4.20. The van der Waals surface area contributed by atoms with E-state index in [1.807, 2.05) is 18.2 Å². The van der Waals surface area contributed by atoms with Gasteiger partial charge in [0.25, 0.3) is 0 Å². The summed E-state index contributed by atoms with van der Waals surface area (Å²) >= 11 is 0. The number of benzene rings is 2. The van der Waals surface area contributed by atoms with Gasteiger partial charge in [-0.05, 0) is 43.5 Å². The topological polar surface area (TPSA) is 36.8 Å². The highest BCUT2D eigenvalue weighted by molar-refractivity contribution is 6.01. The molecule has 1 aliphatic rings. The lowest BCUT2D eigenvalue weighted by Gasteiger charge is -2.28. The summed E-state index contributed by atoms with van der Waals surface area (Å²) in [7, 11) is 0. The standard InChI is InChI=1S/C18H18FN3.ClH/c1-18(2)11-14-7-3-4-9-16(14)17(21-18)22-20-12-13-6-5-8-15(19)10-13;/h3-10,12H,11H2,1-2H3,(H,21,22);1H/p-1. The molecule has 23 heavy (non-hydrogen) atoms. The van der Waals surface area contributed by atoms with Crippen molar-refractivity contribution in [1.29, 1.82) is 0 Å². The van der Waals surface area contributed by atoms with Crippen molar-refractivity contribution in [3.8, 4) is 0 Å². The first-order chi connectivity index (χ1) is 10.5. The fraction of sp³-hybridized carbons (Fsp3) is 0.222. The third-order valence-electron chi connectivity index (χ3n) is 3.54. The van der Waals surface area contributed by atoms with Gasteiger partial charge >= 0.3 is 0 Å². The van der Waals surface area contributed by atoms with E-state index in [4.69, 9.17) is 4.99 Å². The first-order valence-corrected chi connectivity index (χ1v) is 7.26. The molecule has 0 fully saturated rings. The number of halogens is 2. The van der Waals surface area contributed by atoms with Crippen molar-refractivity contribution >= 4 is 12.1 Å². The highest BCUT2D eigenvalue weighted by Crippen LogP contribution is 2.25. The van der Waals surface area contributed by atoms with Gasteiger partial charge < -0.3 is 12.4 Å². The molecule has 0 spiro atoms. The quantitative estimate of drug-likeness (QED) is 0.633. The Balaban J connectivity index is 0.00000192. The molecule has 1 heterocycles. The van der Waals surface area contributed by atoms with Crippen molar-refractivity contribution in [2.24, 2.45) is 10.1 Å². The molecule has 3 rings (SSSR count). The number of hydrogen-bond donors (Lipinski definition) is 1. The third kappa shape index (κ3) is 4.17. The molecule has 1 aliphatic heterocycles. The van der Waals surface area contributed by atoms with Crippen molar-refractivity contribution in [1.82, 2.24) is 5.43 Å². The van der Waals surface area contributed by atoms with E-state index in [2.05, 4.69) is 30.4 Å². The van der Waals surface area contributed by atoms with Crippen LogP contribution in [0.5, 0.6) is 0 Å². The predicted molar refractivity (Wildman–Crippen MR) is 87.9 cm³/mol. The fourth-order valence-corrected chi connectivity index (χ4v) is 2.61. The van der Waals surface area contributed by atoms with Crippen LogP contribution in [0.4, 0.5) is 4.39 Å². The zero-order valence-corrected chi connectivity index (χ0v) is 13.8. The highest BCUT2D eigenvalue weighted by atomic mass is 35.5. The van der Waals surface area contributed by atoms with Crippen molar-refractivity contribution in [3.63, 3.8) is 0 Å². The predicted octanol–water partition coefficient (Wildman–Crippen LogP) is 0.535. The van der Waals surface area contributed by atoms with Gasteiger partial charge in [-0.25, -0.2) is 4.39 Å². The summed E-state index contributed by atoms with van der Waals surface area (Å²) in [5, 5.41) is 4.20. The maximum atomic E-state index is 13.1. The fourth-order valence-electron chi connectivity index (χ4n) is 2.61. The molecule has 0 saturated heterocycles. The average molecular weight is 331 g/mol. The van der Waals surface area contributed by atoms with E-state index >= 15 is 0 Å². The lowest BCUT2D eigenvalue weighted by molar-refractivity contribution is -0.00000573. The minimum absolute atomic E-state index is 0. The van der Waals surface area contributed by atoms with Gasteiger partial charge in [0.2, 0.25) is 0 Å². The van der Waals surface area contributed by atoms with Crippen molar-refractivity contribution in [2.45, 2.75) is 25.8 Å². The van der Waals surface area contributed by atoms with Crippen molar-refractivity contribution in [3.05, 3.63) is 71.0 Å². The van der Waals surface area contributed by atoms with Crippen LogP contribution in [-0.4, -0.2) is 17.6 Å². The molecule has 0 amide bonds. The Hall–Kier alpha value is -2.20. The molecule has 0 atom stereocenters. The molecular weight excluding hydrogens is 313 g/mol. The summed E-state index contributed by atoms with van der Waals surface area (Å²) < 4.78 is 13.1. The zero-order chi connectivity index (χ0) is 15.6. The van der Waals surface area contributed by atoms with Crippen LogP contribution in [0.3, 0.4) is 0 Å². The van der Waals surface area contributed by atoms with E-state index in [1.165, 1.54) is 17.7 Å². The average Bonchev–Trinajstić information content (AvgIpc) is 2.46. The van der Waals surface area contributed by atoms with Crippen LogP contribution in [-0.2, 0) is 6.42 Å². The summed E-state index contributed by atoms with van der Waals surface area (Å²) in [5.74, 6) is 0.477. The normalized spacial score (nSPS) is 15.5. The summed E-state index contributed by atoms with van der Waals surface area (Å²) in [4.78, 5) is 4.72. The van der Waals surface area contributed by atoms with Crippen LogP contribution in [0.15, 0.2) is 58.6 Å². The zero-order valence-electron chi connectivity index (χ0n) is 13.1. The Morgan fingerprint density at radius 1 is 1.17 bits per heavy atom. The molecule has 0 saturated carbocycles. The largest absolute Gasteiger partial charge is 1.00 e. The number of amidine groups is 1. The van der Waals surface area contributed by atoms with Crippen LogP contribution in [0.25, 0.3) is 0 Å². The SMILES string of the molecule is CC1(C)Cc2ccccc2C(NN=Cc2cccc(F)c2)=N1.[Cl-]. The molecule has 5 heteroatoms. The van der Waals surface area contributed by atoms with Gasteiger partial charge in [0.1, 0.15) is 11.7 Å². The lowest BCUT2D eigenvalue weighted by atomic mass is 9.89. The monoisotopic (exact) mass is 330 g/mol. The smallest absolute Gasteiger partial charge is 0.149 e. The van der Waals surface area contributed by atoms with Gasteiger partial charge in [0.05, 0.1) is 11.8 Å². The van der Waals surface area contributed by atoms with E-state index in [1.54, 1.807) is 18.3 Å². The Labute approximate surface area is 141 Å².